The van der Waals surface area contributed by atoms with Crippen molar-refractivity contribution >= 4 is 34.7 Å². The average Bonchev–Trinajstić information content (AvgIpc) is 3.15. The van der Waals surface area contributed by atoms with E-state index < -0.39 is 17.7 Å². The van der Waals surface area contributed by atoms with Crippen molar-refractivity contribution in [3.63, 3.8) is 0 Å². The van der Waals surface area contributed by atoms with Crippen molar-refractivity contribution in [1.29, 1.82) is 0 Å². The van der Waals surface area contributed by atoms with Gasteiger partial charge in [-0.15, -0.1) is 0 Å². The van der Waals surface area contributed by atoms with E-state index in [1.54, 1.807) is 48.5 Å². The fourth-order valence-corrected chi connectivity index (χ4v) is 4.14. The largest absolute Gasteiger partial charge is 0.491 e. The highest BCUT2D eigenvalue weighted by atomic mass is 35.5. The number of para-hydroxylation sites is 1. The molecule has 2 N–H and O–H groups in total. The third kappa shape index (κ3) is 24.7. The zero-order valence-electron chi connectivity index (χ0n) is 30.5. The lowest BCUT2D eigenvalue weighted by molar-refractivity contribution is -0.126. The van der Waals surface area contributed by atoms with Gasteiger partial charge in [-0.25, -0.2) is 0 Å². The number of benzene rings is 2. The summed E-state index contributed by atoms with van der Waals surface area (Å²) in [6, 6.07) is 12.2. The van der Waals surface area contributed by atoms with E-state index >= 15 is 0 Å². The van der Waals surface area contributed by atoms with Gasteiger partial charge >= 0.3 is 0 Å². The minimum Gasteiger partial charge on any atom is -0.491 e. The van der Waals surface area contributed by atoms with Gasteiger partial charge in [0.15, 0.2) is 5.78 Å². The van der Waals surface area contributed by atoms with Crippen LogP contribution in [0.25, 0.3) is 0 Å². The molecule has 17 heteroatoms. The molecule has 298 valence electrons. The van der Waals surface area contributed by atoms with Crippen LogP contribution in [0.15, 0.2) is 58.8 Å². The normalized spacial score (nSPS) is 12.0. The zero-order chi connectivity index (χ0) is 38.0. The molecule has 0 bridgehead atoms. The van der Waals surface area contributed by atoms with Gasteiger partial charge in [0.25, 0.3) is 5.91 Å². The number of carbonyl (C=O) groups is 2. The molecule has 0 spiro atoms. The van der Waals surface area contributed by atoms with Crippen LogP contribution < -0.4 is 10.1 Å². The van der Waals surface area contributed by atoms with Crippen LogP contribution in [0.4, 0.5) is 11.4 Å². The minimum atomic E-state index is -1.31. The van der Waals surface area contributed by atoms with Crippen LogP contribution in [-0.4, -0.2) is 155 Å². The molecule has 2 aromatic rings. The number of hydrogen-bond donors (Lipinski definition) is 2. The first-order valence-electron chi connectivity index (χ1n) is 17.5. The first kappa shape index (κ1) is 46.0. The lowest BCUT2D eigenvalue weighted by Crippen LogP contribution is -2.31. The highest BCUT2D eigenvalue weighted by Crippen LogP contribution is 2.22. The van der Waals surface area contributed by atoms with Crippen LogP contribution in [0, 0.1) is 0 Å². The number of Topliss-reactive ketones (excluding diaryl/α,β-unsaturated/α-hetero) is 1. The third-order valence-corrected chi connectivity index (χ3v) is 6.93. The maximum atomic E-state index is 12.6. The Balaban J connectivity index is 1.33. The summed E-state index contributed by atoms with van der Waals surface area (Å²) in [6.45, 7) is 9.84. The van der Waals surface area contributed by atoms with Crippen molar-refractivity contribution in [1.82, 2.24) is 0 Å². The second kappa shape index (κ2) is 32.3. The molecule has 0 aromatic heterocycles. The second-order valence-electron chi connectivity index (χ2n) is 10.8. The highest BCUT2D eigenvalue weighted by molar-refractivity contribution is 6.33. The Morgan fingerprint density at radius 1 is 0.604 bits per heavy atom. The summed E-state index contributed by atoms with van der Waals surface area (Å²) in [5, 5.41) is 19.5. The third-order valence-electron chi connectivity index (χ3n) is 6.60. The van der Waals surface area contributed by atoms with Gasteiger partial charge in [-0.1, -0.05) is 23.7 Å². The van der Waals surface area contributed by atoms with Crippen LogP contribution >= 0.6 is 11.6 Å². The summed E-state index contributed by atoms with van der Waals surface area (Å²) in [7, 11) is 0. The lowest BCUT2D eigenvalue weighted by atomic mass is 10.2. The first-order chi connectivity index (χ1) is 26.0. The van der Waals surface area contributed by atoms with E-state index in [1.165, 1.54) is 6.92 Å². The Morgan fingerprint density at radius 2 is 1.00 bits per heavy atom. The Hall–Kier alpha value is -3.13. The van der Waals surface area contributed by atoms with E-state index in [-0.39, 0.29) is 6.61 Å². The number of carbonyl (C=O) groups excluding carboxylic acids is 2. The number of ether oxygens (including phenoxy) is 10. The number of hydrogen-bond acceptors (Lipinski definition) is 15. The van der Waals surface area contributed by atoms with Gasteiger partial charge in [-0.05, 0) is 43.3 Å². The highest BCUT2D eigenvalue weighted by Gasteiger charge is 2.23. The van der Waals surface area contributed by atoms with E-state index in [0.29, 0.717) is 148 Å². The average molecular weight is 772 g/mol. The van der Waals surface area contributed by atoms with E-state index in [9.17, 15) is 9.59 Å². The maximum Gasteiger partial charge on any atom is 0.258 e. The van der Waals surface area contributed by atoms with Crippen LogP contribution in [-0.2, 0) is 52.2 Å². The summed E-state index contributed by atoms with van der Waals surface area (Å²) >= 11 is 6.08. The van der Waals surface area contributed by atoms with Crippen molar-refractivity contribution in [3.05, 3.63) is 53.6 Å². The van der Waals surface area contributed by atoms with E-state index in [1.807, 2.05) is 0 Å². The standard InChI is InChI=1S/C36H54ClN3O13/c1-30(42)35(36(43)38-34-5-3-2-4-33(34)37)40-39-31-6-8-32(9-7-31)53-29-28-52-27-26-51-25-24-50-23-22-49-21-20-48-19-18-47-17-16-46-15-14-45-13-12-44-11-10-41/h2-9,35,41H,10-29H2,1H3,(H,38,43). The molecule has 0 aliphatic heterocycles. The molecule has 16 nitrogen and oxygen atoms in total. The first-order valence-corrected chi connectivity index (χ1v) is 17.9. The monoisotopic (exact) mass is 771 g/mol. The number of nitrogens with zero attached hydrogens (tertiary/aromatic N) is 2. The van der Waals surface area contributed by atoms with Gasteiger partial charge in [0.05, 0.1) is 142 Å². The van der Waals surface area contributed by atoms with Crippen LogP contribution in [0.2, 0.25) is 5.02 Å². The molecule has 1 atom stereocenters. The number of aliphatic hydroxyl groups excluding tert-OH is 1. The van der Waals surface area contributed by atoms with E-state index in [0.717, 1.165) is 0 Å². The fraction of sp³-hybridized carbons (Fsp3) is 0.611. The predicted octanol–water partition coefficient (Wildman–Crippen LogP) is 3.54. The molecule has 0 aliphatic carbocycles. The van der Waals surface area contributed by atoms with Crippen molar-refractivity contribution in [2.75, 3.05) is 137 Å². The van der Waals surface area contributed by atoms with Crippen molar-refractivity contribution < 1.29 is 62.1 Å². The number of azo groups is 1. The van der Waals surface area contributed by atoms with Crippen molar-refractivity contribution in [2.24, 2.45) is 10.2 Å². The summed E-state index contributed by atoms with van der Waals surface area (Å²) < 4.78 is 54.4. The number of aliphatic hydroxyl groups is 1. The van der Waals surface area contributed by atoms with Gasteiger partial charge in [0, 0.05) is 0 Å². The fourth-order valence-electron chi connectivity index (χ4n) is 3.96. The molecule has 0 saturated carbocycles. The van der Waals surface area contributed by atoms with Crippen molar-refractivity contribution in [2.45, 2.75) is 13.0 Å². The van der Waals surface area contributed by atoms with Gasteiger partial charge in [-0.3, -0.25) is 9.59 Å². The smallest absolute Gasteiger partial charge is 0.258 e. The Morgan fingerprint density at radius 3 is 1.40 bits per heavy atom. The molecule has 2 rings (SSSR count). The minimum absolute atomic E-state index is 0.0149. The Labute approximate surface area is 316 Å². The number of ketones is 1. The van der Waals surface area contributed by atoms with Crippen LogP contribution in [0.3, 0.4) is 0 Å². The second-order valence-corrected chi connectivity index (χ2v) is 11.2. The summed E-state index contributed by atoms with van der Waals surface area (Å²) in [5.41, 5.74) is 0.843. The predicted molar refractivity (Wildman–Crippen MR) is 195 cm³/mol. The molecule has 53 heavy (non-hydrogen) atoms. The number of anilines is 1. The molecule has 0 fully saturated rings. The molecular weight excluding hydrogens is 718 g/mol. The molecule has 1 unspecified atom stereocenters. The summed E-state index contributed by atoms with van der Waals surface area (Å²) in [4.78, 5) is 24.6. The van der Waals surface area contributed by atoms with E-state index in [2.05, 4.69) is 15.5 Å². The molecule has 1 amide bonds. The van der Waals surface area contributed by atoms with Gasteiger partial charge in [0.1, 0.15) is 12.4 Å². The zero-order valence-corrected chi connectivity index (χ0v) is 31.2. The lowest BCUT2D eigenvalue weighted by Gasteiger charge is -2.10. The molecule has 0 saturated heterocycles. The van der Waals surface area contributed by atoms with Crippen LogP contribution in [0.5, 0.6) is 5.75 Å². The topological polar surface area (TPSA) is 183 Å². The Bertz CT molecular complexity index is 1240. The quantitative estimate of drug-likeness (QED) is 0.0590. The summed E-state index contributed by atoms with van der Waals surface area (Å²) in [5.74, 6) is -0.464. The molecule has 0 heterocycles. The number of rotatable bonds is 35. The van der Waals surface area contributed by atoms with Crippen molar-refractivity contribution in [3.8, 4) is 5.75 Å². The molecule has 0 radical (unpaired) electrons. The van der Waals surface area contributed by atoms with Gasteiger partial charge in [-0.2, -0.15) is 10.2 Å². The number of nitrogens with one attached hydrogen (secondary N) is 1. The van der Waals surface area contributed by atoms with E-state index in [4.69, 9.17) is 64.1 Å². The van der Waals surface area contributed by atoms with Gasteiger partial charge < -0.3 is 57.8 Å². The number of halogens is 1. The maximum absolute atomic E-state index is 12.6. The number of amides is 1. The van der Waals surface area contributed by atoms with Crippen LogP contribution in [0.1, 0.15) is 6.92 Å². The molecular formula is C36H54ClN3O13. The molecule has 2 aromatic carbocycles. The SMILES string of the molecule is CC(=O)C(N=Nc1ccc(OCCOCCOCCOCCOCCOCCOCCOCCOCCOCCO)cc1)C(=O)Nc1ccccc1Cl. The molecule has 0 aliphatic rings. The summed E-state index contributed by atoms with van der Waals surface area (Å²) in [6.07, 6.45) is 0. The Kier molecular flexibility index (Phi) is 28.1. The van der Waals surface area contributed by atoms with Gasteiger partial charge in [0.2, 0.25) is 6.04 Å².